The third-order valence-corrected chi connectivity index (χ3v) is 4.87. The molecule has 0 bridgehead atoms. The molecule has 2 N–H and O–H groups in total. The first kappa shape index (κ1) is 22.8. The Labute approximate surface area is 190 Å². The minimum absolute atomic E-state index is 0.222. The topological polar surface area (TPSA) is 93.7 Å². The van der Waals surface area contributed by atoms with Crippen LogP contribution in [0.15, 0.2) is 72.8 Å². The number of benzene rings is 3. The molecular weight excluding hydrogens is 432 g/mol. The van der Waals surface area contributed by atoms with Crippen molar-refractivity contribution in [2.45, 2.75) is 6.61 Å². The third kappa shape index (κ3) is 6.09. The van der Waals surface area contributed by atoms with Crippen molar-refractivity contribution in [1.29, 1.82) is 0 Å². The van der Waals surface area contributed by atoms with E-state index in [0.717, 1.165) is 5.56 Å². The predicted molar refractivity (Wildman–Crippen MR) is 121 cm³/mol. The number of ether oxygens (including phenoxy) is 2. The summed E-state index contributed by atoms with van der Waals surface area (Å²) in [5, 5.41) is 5.82. The van der Waals surface area contributed by atoms with Gasteiger partial charge in [0.2, 0.25) is 0 Å². The van der Waals surface area contributed by atoms with Crippen molar-refractivity contribution in [2.75, 3.05) is 19.0 Å². The molecular formula is C24H21ClN2O5. The predicted octanol–water partition coefficient (Wildman–Crippen LogP) is 4.07. The lowest BCUT2D eigenvalue weighted by Gasteiger charge is -2.13. The molecule has 7 nitrogen and oxygen atoms in total. The quantitative estimate of drug-likeness (QED) is 0.502. The zero-order valence-corrected chi connectivity index (χ0v) is 18.0. The monoisotopic (exact) mass is 452 g/mol. The largest absolute Gasteiger partial charge is 0.488 e. The summed E-state index contributed by atoms with van der Waals surface area (Å²) in [6, 6.07) is 20.5. The first-order valence-corrected chi connectivity index (χ1v) is 10.1. The van der Waals surface area contributed by atoms with Crippen LogP contribution in [0.5, 0.6) is 5.75 Å². The third-order valence-electron chi connectivity index (χ3n) is 4.50. The molecule has 0 heterocycles. The minimum atomic E-state index is -0.544. The summed E-state index contributed by atoms with van der Waals surface area (Å²) in [4.78, 5) is 36.0. The number of carbonyl (C=O) groups is 3. The van der Waals surface area contributed by atoms with Gasteiger partial charge in [0.05, 0.1) is 12.7 Å². The van der Waals surface area contributed by atoms with Crippen LogP contribution in [0.1, 0.15) is 26.3 Å². The summed E-state index contributed by atoms with van der Waals surface area (Å²) < 4.78 is 10.3. The molecule has 0 spiro atoms. The van der Waals surface area contributed by atoms with Crippen LogP contribution in [0.2, 0.25) is 5.02 Å². The normalized spacial score (nSPS) is 10.2. The summed E-state index contributed by atoms with van der Waals surface area (Å²) in [6.07, 6.45) is 0. The molecule has 3 rings (SSSR count). The van der Waals surface area contributed by atoms with Gasteiger partial charge in [-0.05, 0) is 42.5 Å². The number of methoxy groups -OCH3 is 1. The van der Waals surface area contributed by atoms with Gasteiger partial charge in [-0.1, -0.05) is 41.9 Å². The van der Waals surface area contributed by atoms with Gasteiger partial charge >= 0.3 is 5.97 Å². The smallest absolute Gasteiger partial charge is 0.325 e. The average molecular weight is 453 g/mol. The van der Waals surface area contributed by atoms with Crippen molar-refractivity contribution >= 4 is 35.1 Å². The highest BCUT2D eigenvalue weighted by Gasteiger charge is 2.14. The Morgan fingerprint density at radius 1 is 0.875 bits per heavy atom. The van der Waals surface area contributed by atoms with Gasteiger partial charge in [0.25, 0.3) is 11.8 Å². The van der Waals surface area contributed by atoms with Crippen LogP contribution < -0.4 is 15.4 Å². The van der Waals surface area contributed by atoms with Gasteiger partial charge in [-0.15, -0.1) is 0 Å². The van der Waals surface area contributed by atoms with Crippen molar-refractivity contribution < 1.29 is 23.9 Å². The second-order valence-corrected chi connectivity index (χ2v) is 7.07. The Hall–Kier alpha value is -3.84. The van der Waals surface area contributed by atoms with Gasteiger partial charge in [-0.3, -0.25) is 14.4 Å². The SMILES string of the molecule is COC(=O)CNC(=O)c1ccc(NC(=O)c2ccccc2OCc2ccccc2Cl)cc1. The van der Waals surface area contributed by atoms with E-state index in [9.17, 15) is 14.4 Å². The number of hydrogen-bond donors (Lipinski definition) is 2. The molecule has 2 amide bonds. The fourth-order valence-corrected chi connectivity index (χ4v) is 2.97. The minimum Gasteiger partial charge on any atom is -0.488 e. The first-order chi connectivity index (χ1) is 15.5. The summed E-state index contributed by atoms with van der Waals surface area (Å²) >= 11 is 6.17. The number of amides is 2. The lowest BCUT2D eigenvalue weighted by atomic mass is 10.1. The number of para-hydroxylation sites is 1. The molecule has 0 aliphatic heterocycles. The van der Waals surface area contributed by atoms with Crippen LogP contribution in [0.4, 0.5) is 5.69 Å². The maximum absolute atomic E-state index is 12.8. The van der Waals surface area contributed by atoms with Gasteiger partial charge in [-0.2, -0.15) is 0 Å². The van der Waals surface area contributed by atoms with E-state index in [1.54, 1.807) is 54.6 Å². The van der Waals surface area contributed by atoms with Crippen LogP contribution in [0, 0.1) is 0 Å². The molecule has 3 aromatic rings. The van der Waals surface area contributed by atoms with E-state index in [0.29, 0.717) is 27.6 Å². The summed E-state index contributed by atoms with van der Waals surface area (Å²) in [5.41, 5.74) is 2.01. The van der Waals surface area contributed by atoms with E-state index in [-0.39, 0.29) is 19.1 Å². The second kappa shape index (κ2) is 11.0. The maximum atomic E-state index is 12.8. The number of anilines is 1. The Balaban J connectivity index is 1.64. The van der Waals surface area contributed by atoms with E-state index in [2.05, 4.69) is 15.4 Å². The van der Waals surface area contributed by atoms with Crippen molar-refractivity contribution in [2.24, 2.45) is 0 Å². The summed E-state index contributed by atoms with van der Waals surface area (Å²) in [6.45, 7) is -0.00184. The Bertz CT molecular complexity index is 1120. The maximum Gasteiger partial charge on any atom is 0.325 e. The molecule has 0 aromatic heterocycles. The molecule has 0 saturated heterocycles. The molecule has 0 unspecified atom stereocenters. The van der Waals surface area contributed by atoms with E-state index < -0.39 is 11.9 Å². The van der Waals surface area contributed by atoms with Crippen LogP contribution >= 0.6 is 11.6 Å². The number of carbonyl (C=O) groups excluding carboxylic acids is 3. The van der Waals surface area contributed by atoms with Gasteiger partial charge in [0.1, 0.15) is 18.9 Å². The molecule has 0 radical (unpaired) electrons. The van der Waals surface area contributed by atoms with Gasteiger partial charge in [-0.25, -0.2) is 0 Å². The molecule has 0 fully saturated rings. The highest BCUT2D eigenvalue weighted by atomic mass is 35.5. The number of hydrogen-bond acceptors (Lipinski definition) is 5. The molecule has 3 aromatic carbocycles. The average Bonchev–Trinajstić information content (AvgIpc) is 2.82. The zero-order valence-electron chi connectivity index (χ0n) is 17.3. The highest BCUT2D eigenvalue weighted by Crippen LogP contribution is 2.23. The van der Waals surface area contributed by atoms with Gasteiger partial charge in [0, 0.05) is 21.8 Å². The molecule has 0 aliphatic rings. The molecule has 164 valence electrons. The van der Waals surface area contributed by atoms with Crippen molar-refractivity contribution in [1.82, 2.24) is 5.32 Å². The van der Waals surface area contributed by atoms with Crippen LogP contribution in [-0.4, -0.2) is 31.4 Å². The van der Waals surface area contributed by atoms with E-state index in [1.165, 1.54) is 7.11 Å². The van der Waals surface area contributed by atoms with Crippen molar-refractivity contribution in [3.8, 4) is 5.75 Å². The number of esters is 1. The lowest BCUT2D eigenvalue weighted by molar-refractivity contribution is -0.139. The fraction of sp³-hybridized carbons (Fsp3) is 0.125. The van der Waals surface area contributed by atoms with Gasteiger partial charge in [0.15, 0.2) is 0 Å². The van der Waals surface area contributed by atoms with Gasteiger partial charge < -0.3 is 20.1 Å². The summed E-state index contributed by atoms with van der Waals surface area (Å²) in [7, 11) is 1.24. The van der Waals surface area contributed by atoms with Crippen LogP contribution in [0.25, 0.3) is 0 Å². The van der Waals surface area contributed by atoms with Crippen molar-refractivity contribution in [3.05, 3.63) is 94.5 Å². The Morgan fingerprint density at radius 2 is 1.56 bits per heavy atom. The standard InChI is InChI=1S/C24H21ClN2O5/c1-31-22(28)14-26-23(29)16-10-12-18(13-11-16)27-24(30)19-7-3-5-9-21(19)32-15-17-6-2-4-8-20(17)25/h2-13H,14-15H2,1H3,(H,26,29)(H,27,30). The van der Waals surface area contributed by atoms with E-state index >= 15 is 0 Å². The first-order valence-electron chi connectivity index (χ1n) is 9.69. The molecule has 32 heavy (non-hydrogen) atoms. The number of rotatable bonds is 8. The van der Waals surface area contributed by atoms with E-state index in [1.807, 2.05) is 18.2 Å². The zero-order chi connectivity index (χ0) is 22.9. The number of halogens is 1. The summed E-state index contributed by atoms with van der Waals surface area (Å²) in [5.74, 6) is -0.907. The van der Waals surface area contributed by atoms with Crippen LogP contribution in [-0.2, 0) is 16.1 Å². The molecule has 0 atom stereocenters. The van der Waals surface area contributed by atoms with E-state index in [4.69, 9.17) is 16.3 Å². The molecule has 0 saturated carbocycles. The lowest BCUT2D eigenvalue weighted by Crippen LogP contribution is -2.30. The van der Waals surface area contributed by atoms with Crippen molar-refractivity contribution in [3.63, 3.8) is 0 Å². The fourth-order valence-electron chi connectivity index (χ4n) is 2.78. The second-order valence-electron chi connectivity index (χ2n) is 6.67. The highest BCUT2D eigenvalue weighted by molar-refractivity contribution is 6.31. The molecule has 8 heteroatoms. The number of nitrogens with one attached hydrogen (secondary N) is 2. The van der Waals surface area contributed by atoms with Crippen LogP contribution in [0.3, 0.4) is 0 Å². The Morgan fingerprint density at radius 3 is 2.28 bits per heavy atom. The Kier molecular flexibility index (Phi) is 7.83. The molecule has 0 aliphatic carbocycles.